The highest BCUT2D eigenvalue weighted by atomic mass is 79.9. The SMILES string of the molecule is Cc1c(-c2ccccc2)oc2ccc(OCCCCCCBr)cc2c1=O. The van der Waals surface area contributed by atoms with E-state index in [1.54, 1.807) is 6.07 Å². The zero-order chi connectivity index (χ0) is 18.4. The minimum absolute atomic E-state index is 0.00660. The van der Waals surface area contributed by atoms with Crippen molar-refractivity contribution in [2.45, 2.75) is 32.6 Å². The molecule has 3 aromatic rings. The lowest BCUT2D eigenvalue weighted by Gasteiger charge is -2.09. The lowest BCUT2D eigenvalue weighted by atomic mass is 10.1. The standard InChI is InChI=1S/C22H23BrO3/c1-16-21(24)19-15-18(25-14-8-3-2-7-13-23)11-12-20(19)26-22(16)17-9-5-4-6-10-17/h4-6,9-12,15H,2-3,7-8,13-14H2,1H3. The molecule has 136 valence electrons. The first-order valence-electron chi connectivity index (χ1n) is 9.02. The van der Waals surface area contributed by atoms with Crippen molar-refractivity contribution in [3.05, 3.63) is 64.3 Å². The van der Waals surface area contributed by atoms with Crippen LogP contribution in [0.3, 0.4) is 0 Å². The van der Waals surface area contributed by atoms with Gasteiger partial charge in [-0.1, -0.05) is 59.1 Å². The first-order chi connectivity index (χ1) is 12.7. The Kier molecular flexibility index (Phi) is 6.51. The molecule has 1 aromatic heterocycles. The van der Waals surface area contributed by atoms with E-state index in [9.17, 15) is 4.79 Å². The molecule has 0 unspecified atom stereocenters. The number of hydrogen-bond donors (Lipinski definition) is 0. The average molecular weight is 415 g/mol. The summed E-state index contributed by atoms with van der Waals surface area (Å²) in [4.78, 5) is 12.8. The minimum Gasteiger partial charge on any atom is -0.494 e. The zero-order valence-electron chi connectivity index (χ0n) is 15.0. The molecule has 2 aromatic carbocycles. The van der Waals surface area contributed by atoms with Gasteiger partial charge in [-0.25, -0.2) is 0 Å². The van der Waals surface area contributed by atoms with Crippen molar-refractivity contribution in [2.75, 3.05) is 11.9 Å². The molecule has 0 saturated heterocycles. The lowest BCUT2D eigenvalue weighted by Crippen LogP contribution is -2.07. The van der Waals surface area contributed by atoms with Gasteiger partial charge in [0.1, 0.15) is 17.1 Å². The first-order valence-corrected chi connectivity index (χ1v) is 10.1. The minimum atomic E-state index is -0.00660. The molecule has 3 rings (SSSR count). The van der Waals surface area contributed by atoms with Gasteiger partial charge in [-0.3, -0.25) is 4.79 Å². The molecule has 0 bridgehead atoms. The smallest absolute Gasteiger partial charge is 0.196 e. The van der Waals surface area contributed by atoms with Gasteiger partial charge >= 0.3 is 0 Å². The van der Waals surface area contributed by atoms with E-state index >= 15 is 0 Å². The number of halogens is 1. The van der Waals surface area contributed by atoms with Crippen molar-refractivity contribution in [3.63, 3.8) is 0 Å². The van der Waals surface area contributed by atoms with E-state index in [-0.39, 0.29) is 5.43 Å². The van der Waals surface area contributed by atoms with E-state index in [0.717, 1.165) is 29.5 Å². The fourth-order valence-electron chi connectivity index (χ4n) is 2.96. The van der Waals surface area contributed by atoms with Crippen LogP contribution in [-0.4, -0.2) is 11.9 Å². The van der Waals surface area contributed by atoms with E-state index in [4.69, 9.17) is 9.15 Å². The van der Waals surface area contributed by atoms with Gasteiger partial charge in [-0.05, 0) is 38.0 Å². The van der Waals surface area contributed by atoms with Crippen LogP contribution in [-0.2, 0) is 0 Å². The van der Waals surface area contributed by atoms with E-state index in [2.05, 4.69) is 15.9 Å². The van der Waals surface area contributed by atoms with E-state index in [1.807, 2.05) is 49.4 Å². The zero-order valence-corrected chi connectivity index (χ0v) is 16.6. The number of fused-ring (bicyclic) bond motifs is 1. The molecule has 0 spiro atoms. The van der Waals surface area contributed by atoms with Gasteiger partial charge in [0.05, 0.1) is 12.0 Å². The Bertz CT molecular complexity index is 916. The van der Waals surface area contributed by atoms with Crippen LogP contribution in [0.2, 0.25) is 0 Å². The highest BCUT2D eigenvalue weighted by Crippen LogP contribution is 2.27. The second-order valence-electron chi connectivity index (χ2n) is 6.36. The quantitative estimate of drug-likeness (QED) is 0.330. The maximum Gasteiger partial charge on any atom is 0.196 e. The number of unbranched alkanes of at least 4 members (excludes halogenated alkanes) is 3. The highest BCUT2D eigenvalue weighted by Gasteiger charge is 2.13. The van der Waals surface area contributed by atoms with E-state index in [0.29, 0.717) is 28.9 Å². The molecule has 0 aliphatic heterocycles. The van der Waals surface area contributed by atoms with Crippen molar-refractivity contribution < 1.29 is 9.15 Å². The third kappa shape index (κ3) is 4.36. The van der Waals surface area contributed by atoms with Crippen molar-refractivity contribution in [1.82, 2.24) is 0 Å². The predicted octanol–water partition coefficient (Wildman–Crippen LogP) is 6.10. The Morgan fingerprint density at radius 1 is 1.00 bits per heavy atom. The third-order valence-corrected chi connectivity index (χ3v) is 4.98. The summed E-state index contributed by atoms with van der Waals surface area (Å²) in [5, 5.41) is 1.62. The normalized spacial score (nSPS) is 11.0. The van der Waals surface area contributed by atoms with Gasteiger partial charge in [0.2, 0.25) is 0 Å². The van der Waals surface area contributed by atoms with Crippen molar-refractivity contribution >= 4 is 26.9 Å². The molecule has 1 heterocycles. The maximum atomic E-state index is 12.8. The monoisotopic (exact) mass is 414 g/mol. The predicted molar refractivity (Wildman–Crippen MR) is 110 cm³/mol. The molecule has 26 heavy (non-hydrogen) atoms. The van der Waals surface area contributed by atoms with Crippen LogP contribution in [0.1, 0.15) is 31.2 Å². The van der Waals surface area contributed by atoms with E-state index in [1.165, 1.54) is 12.8 Å². The van der Waals surface area contributed by atoms with Crippen LogP contribution >= 0.6 is 15.9 Å². The van der Waals surface area contributed by atoms with Crippen molar-refractivity contribution in [3.8, 4) is 17.1 Å². The van der Waals surface area contributed by atoms with E-state index < -0.39 is 0 Å². The lowest BCUT2D eigenvalue weighted by molar-refractivity contribution is 0.305. The Balaban J connectivity index is 1.80. The van der Waals surface area contributed by atoms with Gasteiger partial charge < -0.3 is 9.15 Å². The summed E-state index contributed by atoms with van der Waals surface area (Å²) in [6.07, 6.45) is 4.57. The number of rotatable bonds is 8. The summed E-state index contributed by atoms with van der Waals surface area (Å²) in [7, 11) is 0. The molecular formula is C22H23BrO3. The topological polar surface area (TPSA) is 39.4 Å². The van der Waals surface area contributed by atoms with Gasteiger partial charge in [0.15, 0.2) is 5.43 Å². The van der Waals surface area contributed by atoms with Crippen LogP contribution in [0.15, 0.2) is 57.7 Å². The molecule has 0 amide bonds. The summed E-state index contributed by atoms with van der Waals surface area (Å²) < 4.78 is 11.8. The van der Waals surface area contributed by atoms with Crippen LogP contribution in [0.5, 0.6) is 5.75 Å². The second-order valence-corrected chi connectivity index (χ2v) is 7.15. The molecule has 0 fully saturated rings. The van der Waals surface area contributed by atoms with Crippen molar-refractivity contribution in [1.29, 1.82) is 0 Å². The number of ether oxygens (including phenoxy) is 1. The van der Waals surface area contributed by atoms with Gasteiger partial charge in [-0.15, -0.1) is 0 Å². The second kappa shape index (κ2) is 9.04. The first kappa shape index (κ1) is 18.7. The molecule has 0 aliphatic rings. The molecule has 0 saturated carbocycles. The molecule has 0 radical (unpaired) electrons. The molecule has 0 atom stereocenters. The van der Waals surface area contributed by atoms with Gasteiger partial charge in [0.25, 0.3) is 0 Å². The average Bonchev–Trinajstić information content (AvgIpc) is 2.68. The maximum absolute atomic E-state index is 12.8. The van der Waals surface area contributed by atoms with Crippen molar-refractivity contribution in [2.24, 2.45) is 0 Å². The number of hydrogen-bond acceptors (Lipinski definition) is 3. The summed E-state index contributed by atoms with van der Waals surface area (Å²) in [5.74, 6) is 1.35. The Hall–Kier alpha value is -2.07. The van der Waals surface area contributed by atoms with Crippen LogP contribution < -0.4 is 10.2 Å². The number of benzene rings is 2. The summed E-state index contributed by atoms with van der Waals surface area (Å²) in [5.41, 5.74) is 2.11. The largest absolute Gasteiger partial charge is 0.494 e. The van der Waals surface area contributed by atoms with Gasteiger partial charge in [0, 0.05) is 16.5 Å². The summed E-state index contributed by atoms with van der Waals surface area (Å²) in [6, 6.07) is 15.2. The molecule has 3 nitrogen and oxygen atoms in total. The fourth-order valence-corrected chi connectivity index (χ4v) is 3.36. The third-order valence-electron chi connectivity index (χ3n) is 4.42. The summed E-state index contributed by atoms with van der Waals surface area (Å²) in [6.45, 7) is 2.48. The molecule has 4 heteroatoms. The molecular weight excluding hydrogens is 392 g/mol. The Morgan fingerprint density at radius 3 is 2.54 bits per heavy atom. The fraction of sp³-hybridized carbons (Fsp3) is 0.318. The Morgan fingerprint density at radius 2 is 1.77 bits per heavy atom. The van der Waals surface area contributed by atoms with Crippen LogP contribution in [0.25, 0.3) is 22.3 Å². The molecule has 0 N–H and O–H groups in total. The van der Waals surface area contributed by atoms with Crippen LogP contribution in [0, 0.1) is 6.92 Å². The Labute approximate surface area is 162 Å². The summed E-state index contributed by atoms with van der Waals surface area (Å²) >= 11 is 3.44. The van der Waals surface area contributed by atoms with Crippen LogP contribution in [0.4, 0.5) is 0 Å². The molecule has 0 aliphatic carbocycles. The van der Waals surface area contributed by atoms with Gasteiger partial charge in [-0.2, -0.15) is 0 Å². The number of alkyl halides is 1. The highest BCUT2D eigenvalue weighted by molar-refractivity contribution is 9.09.